The third kappa shape index (κ3) is 4.13. The number of hydrogen-bond donors (Lipinski definition) is 2. The Morgan fingerprint density at radius 1 is 1.42 bits per heavy atom. The summed E-state index contributed by atoms with van der Waals surface area (Å²) in [6.07, 6.45) is 3.30. The number of piperidine rings is 1. The van der Waals surface area contributed by atoms with E-state index in [0.29, 0.717) is 19.6 Å². The van der Waals surface area contributed by atoms with Gasteiger partial charge in [0.15, 0.2) is 0 Å². The average molecular weight is 374 g/mol. The van der Waals surface area contributed by atoms with Crippen LogP contribution in [0.1, 0.15) is 17.7 Å². The molecule has 1 fully saturated rings. The number of likely N-dealkylation sites (tertiary alicyclic amines) is 1. The van der Waals surface area contributed by atoms with Gasteiger partial charge in [0, 0.05) is 24.2 Å². The monoisotopic (exact) mass is 374 g/mol. The fourth-order valence-corrected chi connectivity index (χ4v) is 3.89. The maximum atomic E-state index is 12.3. The lowest BCUT2D eigenvalue weighted by atomic mass is 9.98. The first-order valence-corrected chi connectivity index (χ1v) is 9.30. The SMILES string of the molecule is COc1ccccc1-c1ncc(CNC(=O)N2CCC[C@H](C(N)=O)C2)s1. The minimum Gasteiger partial charge on any atom is -0.496 e. The summed E-state index contributed by atoms with van der Waals surface area (Å²) < 4.78 is 5.37. The molecule has 3 amide bonds. The summed E-state index contributed by atoms with van der Waals surface area (Å²) in [5, 5.41) is 3.74. The second-order valence-electron chi connectivity index (χ2n) is 6.18. The summed E-state index contributed by atoms with van der Waals surface area (Å²) in [6.45, 7) is 1.42. The number of hydrogen-bond acceptors (Lipinski definition) is 5. The standard InChI is InChI=1S/C18H22N4O3S/c1-25-15-7-3-2-6-14(15)17-20-9-13(26-17)10-21-18(24)22-8-4-5-12(11-22)16(19)23/h2-3,6-7,9,12H,4-5,8,10-11H2,1H3,(H2,19,23)(H,21,24)/t12-/m0/s1. The van der Waals surface area contributed by atoms with Crippen molar-refractivity contribution in [2.75, 3.05) is 20.2 Å². The van der Waals surface area contributed by atoms with Crippen molar-refractivity contribution in [1.29, 1.82) is 0 Å². The fraction of sp³-hybridized carbons (Fsp3) is 0.389. The number of aromatic nitrogens is 1. The Labute approximate surface area is 156 Å². The molecule has 0 bridgehead atoms. The molecule has 138 valence electrons. The number of primary amides is 1. The Kier molecular flexibility index (Phi) is 5.72. The van der Waals surface area contributed by atoms with E-state index in [-0.39, 0.29) is 17.9 Å². The highest BCUT2D eigenvalue weighted by Crippen LogP contribution is 2.32. The van der Waals surface area contributed by atoms with E-state index >= 15 is 0 Å². The van der Waals surface area contributed by atoms with Gasteiger partial charge in [-0.15, -0.1) is 11.3 Å². The van der Waals surface area contributed by atoms with Crippen LogP contribution in [0.15, 0.2) is 30.5 Å². The van der Waals surface area contributed by atoms with Gasteiger partial charge in [-0.05, 0) is 25.0 Å². The number of rotatable bonds is 5. The Hall–Kier alpha value is -2.61. The molecule has 26 heavy (non-hydrogen) atoms. The lowest BCUT2D eigenvalue weighted by Gasteiger charge is -2.31. The van der Waals surface area contributed by atoms with Crippen molar-refractivity contribution in [1.82, 2.24) is 15.2 Å². The van der Waals surface area contributed by atoms with Gasteiger partial charge in [-0.3, -0.25) is 4.79 Å². The molecule has 1 aliphatic heterocycles. The summed E-state index contributed by atoms with van der Waals surface area (Å²) in [4.78, 5) is 30.7. The molecule has 3 rings (SSSR count). The molecule has 0 spiro atoms. The topological polar surface area (TPSA) is 97.6 Å². The highest BCUT2D eigenvalue weighted by Gasteiger charge is 2.26. The van der Waals surface area contributed by atoms with Gasteiger partial charge in [-0.1, -0.05) is 12.1 Å². The number of thiazole rings is 1. The zero-order valence-corrected chi connectivity index (χ0v) is 15.4. The van der Waals surface area contributed by atoms with Crippen molar-refractivity contribution in [3.8, 4) is 16.3 Å². The minimum absolute atomic E-state index is 0.178. The molecule has 1 saturated heterocycles. The molecule has 0 saturated carbocycles. The molecule has 8 heteroatoms. The average Bonchev–Trinajstić information content (AvgIpc) is 3.15. The molecule has 7 nitrogen and oxygen atoms in total. The molecule has 1 aromatic carbocycles. The van der Waals surface area contributed by atoms with Gasteiger partial charge < -0.3 is 20.7 Å². The van der Waals surface area contributed by atoms with Crippen LogP contribution in [0.5, 0.6) is 5.75 Å². The van der Waals surface area contributed by atoms with Crippen LogP contribution < -0.4 is 15.8 Å². The van der Waals surface area contributed by atoms with Gasteiger partial charge >= 0.3 is 6.03 Å². The van der Waals surface area contributed by atoms with Crippen molar-refractivity contribution < 1.29 is 14.3 Å². The number of nitrogens with zero attached hydrogens (tertiary/aromatic N) is 2. The number of ether oxygens (including phenoxy) is 1. The van der Waals surface area contributed by atoms with E-state index in [1.165, 1.54) is 11.3 Å². The molecule has 0 radical (unpaired) electrons. The molecule has 2 heterocycles. The number of benzene rings is 1. The van der Waals surface area contributed by atoms with Crippen LogP contribution in [0, 0.1) is 5.92 Å². The first kappa shape index (κ1) is 18.2. The number of urea groups is 1. The van der Waals surface area contributed by atoms with E-state index in [1.807, 2.05) is 24.3 Å². The van der Waals surface area contributed by atoms with Gasteiger partial charge in [-0.2, -0.15) is 0 Å². The highest BCUT2D eigenvalue weighted by atomic mass is 32.1. The number of methoxy groups -OCH3 is 1. The molecule has 0 aliphatic carbocycles. The van der Waals surface area contributed by atoms with Crippen LogP contribution in [0.4, 0.5) is 4.79 Å². The van der Waals surface area contributed by atoms with Crippen LogP contribution in [-0.2, 0) is 11.3 Å². The van der Waals surface area contributed by atoms with Gasteiger partial charge in [0.25, 0.3) is 0 Å². The van der Waals surface area contributed by atoms with Crippen molar-refractivity contribution in [3.63, 3.8) is 0 Å². The van der Waals surface area contributed by atoms with Gasteiger partial charge in [0.2, 0.25) is 5.91 Å². The second-order valence-corrected chi connectivity index (χ2v) is 7.29. The van der Waals surface area contributed by atoms with E-state index in [4.69, 9.17) is 10.5 Å². The molecule has 3 N–H and O–H groups in total. The molecule has 1 atom stereocenters. The third-order valence-corrected chi connectivity index (χ3v) is 5.45. The molecule has 1 aromatic heterocycles. The van der Waals surface area contributed by atoms with Gasteiger partial charge in [0.1, 0.15) is 10.8 Å². The molecular formula is C18H22N4O3S. The summed E-state index contributed by atoms with van der Waals surface area (Å²) in [5.74, 6) is 0.171. The maximum Gasteiger partial charge on any atom is 0.317 e. The third-order valence-electron chi connectivity index (χ3n) is 4.42. The Morgan fingerprint density at radius 3 is 3.00 bits per heavy atom. The Balaban J connectivity index is 1.59. The van der Waals surface area contributed by atoms with Crippen molar-refractivity contribution in [3.05, 3.63) is 35.3 Å². The van der Waals surface area contributed by atoms with Crippen LogP contribution in [0.25, 0.3) is 10.6 Å². The summed E-state index contributed by atoms with van der Waals surface area (Å²) in [6, 6.07) is 7.52. The van der Waals surface area contributed by atoms with E-state index in [0.717, 1.165) is 34.0 Å². The van der Waals surface area contributed by atoms with Crippen molar-refractivity contribution in [2.24, 2.45) is 11.7 Å². The first-order chi connectivity index (χ1) is 12.6. The van der Waals surface area contributed by atoms with E-state index < -0.39 is 0 Å². The summed E-state index contributed by atoms with van der Waals surface area (Å²) in [5.41, 5.74) is 6.29. The quantitative estimate of drug-likeness (QED) is 0.838. The normalized spacial score (nSPS) is 17.0. The minimum atomic E-state index is -0.341. The number of carbonyl (C=O) groups is 2. The van der Waals surface area contributed by atoms with E-state index in [1.54, 1.807) is 18.2 Å². The van der Waals surface area contributed by atoms with E-state index in [9.17, 15) is 9.59 Å². The predicted octanol–water partition coefficient (Wildman–Crippen LogP) is 2.23. The smallest absolute Gasteiger partial charge is 0.317 e. The number of nitrogens with one attached hydrogen (secondary N) is 1. The van der Waals surface area contributed by atoms with Crippen LogP contribution in [0.2, 0.25) is 0 Å². The number of nitrogens with two attached hydrogens (primary N) is 1. The maximum absolute atomic E-state index is 12.3. The van der Waals surface area contributed by atoms with Gasteiger partial charge in [0.05, 0.1) is 25.1 Å². The summed E-state index contributed by atoms with van der Waals surface area (Å²) in [7, 11) is 1.63. The van der Waals surface area contributed by atoms with Crippen molar-refractivity contribution in [2.45, 2.75) is 19.4 Å². The zero-order valence-electron chi connectivity index (χ0n) is 14.6. The number of carbonyl (C=O) groups excluding carboxylic acids is 2. The molecule has 1 aliphatic rings. The van der Waals surface area contributed by atoms with Crippen LogP contribution in [0.3, 0.4) is 0 Å². The lowest BCUT2D eigenvalue weighted by molar-refractivity contribution is -0.123. The van der Waals surface area contributed by atoms with E-state index in [2.05, 4.69) is 10.3 Å². The number of amides is 3. The van der Waals surface area contributed by atoms with Crippen molar-refractivity contribution >= 4 is 23.3 Å². The fourth-order valence-electron chi connectivity index (χ4n) is 3.00. The molecule has 2 aromatic rings. The zero-order chi connectivity index (χ0) is 18.5. The molecular weight excluding hydrogens is 352 g/mol. The second kappa shape index (κ2) is 8.18. The highest BCUT2D eigenvalue weighted by molar-refractivity contribution is 7.15. The lowest BCUT2D eigenvalue weighted by Crippen LogP contribution is -2.47. The summed E-state index contributed by atoms with van der Waals surface area (Å²) >= 11 is 1.51. The van der Waals surface area contributed by atoms with Crippen LogP contribution >= 0.6 is 11.3 Å². The Morgan fingerprint density at radius 2 is 2.23 bits per heavy atom. The molecule has 0 unspecified atom stereocenters. The largest absolute Gasteiger partial charge is 0.496 e. The first-order valence-electron chi connectivity index (χ1n) is 8.48. The van der Waals surface area contributed by atoms with Gasteiger partial charge in [-0.25, -0.2) is 9.78 Å². The predicted molar refractivity (Wildman–Crippen MR) is 99.8 cm³/mol. The van der Waals surface area contributed by atoms with Crippen LogP contribution in [-0.4, -0.2) is 42.0 Å². The Bertz CT molecular complexity index is 792. The number of para-hydroxylation sites is 1.